The van der Waals surface area contributed by atoms with Crippen molar-refractivity contribution in [2.24, 2.45) is 0 Å². The Hall–Kier alpha value is -0.360. The van der Waals surface area contributed by atoms with Gasteiger partial charge in [-0.15, -0.1) is 0 Å². The second-order valence-corrected chi connectivity index (χ2v) is 9.44. The fourth-order valence-electron chi connectivity index (χ4n) is 2.64. The molecule has 0 spiro atoms. The highest BCUT2D eigenvalue weighted by Crippen LogP contribution is 1.96. The molecule has 0 amide bonds. The predicted molar refractivity (Wildman–Crippen MR) is 159 cm³/mol. The van der Waals surface area contributed by atoms with Crippen molar-refractivity contribution < 1.29 is 43.7 Å². The maximum Gasteiger partial charge on any atom is 0.0780 e. The quantitative estimate of drug-likeness (QED) is 0.114. The number of aliphatic hydroxyl groups is 3. The Kier molecular flexibility index (Phi) is 46.5. The van der Waals surface area contributed by atoms with Crippen LogP contribution in [0, 0.1) is 0 Å². The molecule has 0 aliphatic carbocycles. The molecule has 3 N–H and O–H groups in total. The van der Waals surface area contributed by atoms with E-state index in [4.69, 9.17) is 43.7 Å². The van der Waals surface area contributed by atoms with Crippen LogP contribution in [-0.2, 0) is 28.4 Å². The zero-order chi connectivity index (χ0) is 29.7. The van der Waals surface area contributed by atoms with E-state index in [0.29, 0.717) is 39.5 Å². The molecule has 0 heterocycles. The Morgan fingerprint density at radius 1 is 0.462 bits per heavy atom. The van der Waals surface area contributed by atoms with Gasteiger partial charge in [0.15, 0.2) is 0 Å². The molecule has 0 saturated heterocycles. The van der Waals surface area contributed by atoms with Crippen molar-refractivity contribution in [1.29, 1.82) is 0 Å². The molecule has 0 bridgehead atoms. The van der Waals surface area contributed by atoms with E-state index in [-0.39, 0.29) is 25.4 Å². The van der Waals surface area contributed by atoms with E-state index in [1.54, 1.807) is 6.92 Å². The standard InChI is InChI=1S/3C10H22O3/c1-3-4-8-13-10(2)9-12-7-5-6-11;1-3-4-6-12-7-5-8-13-9-10(2)11;1-2-3-7-12-9-5-10-13-8-4-6-11/h2*10-11H,3-9H2,1-2H3;11H,2-10H2,1H3. The molecule has 0 radical (unpaired) electrons. The number of unbranched alkanes of at least 4 members (excludes halogenated alkanes) is 3. The number of rotatable bonds is 28. The van der Waals surface area contributed by atoms with Gasteiger partial charge in [0.2, 0.25) is 0 Å². The van der Waals surface area contributed by atoms with Gasteiger partial charge in [0, 0.05) is 72.7 Å². The molecule has 0 aliphatic heterocycles. The minimum Gasteiger partial charge on any atom is -0.396 e. The van der Waals surface area contributed by atoms with Gasteiger partial charge in [0.05, 0.1) is 25.4 Å². The van der Waals surface area contributed by atoms with Crippen LogP contribution in [0.15, 0.2) is 0 Å². The predicted octanol–water partition coefficient (Wildman–Crippen LogP) is 4.77. The Labute approximate surface area is 240 Å². The van der Waals surface area contributed by atoms with Gasteiger partial charge in [-0.25, -0.2) is 0 Å². The van der Waals surface area contributed by atoms with Crippen LogP contribution in [0.2, 0.25) is 0 Å². The van der Waals surface area contributed by atoms with Crippen molar-refractivity contribution in [3.05, 3.63) is 0 Å². The van der Waals surface area contributed by atoms with Crippen molar-refractivity contribution in [2.45, 2.75) is 111 Å². The lowest BCUT2D eigenvalue weighted by Gasteiger charge is -2.12. The second kappa shape index (κ2) is 42.1. The van der Waals surface area contributed by atoms with Gasteiger partial charge in [-0.1, -0.05) is 40.0 Å². The van der Waals surface area contributed by atoms with Gasteiger partial charge < -0.3 is 43.7 Å². The molecular weight excluding hydrogens is 504 g/mol. The van der Waals surface area contributed by atoms with Crippen molar-refractivity contribution >= 4 is 0 Å². The summed E-state index contributed by atoms with van der Waals surface area (Å²) >= 11 is 0. The normalized spacial score (nSPS) is 12.3. The molecule has 0 aliphatic rings. The average molecular weight is 571 g/mol. The average Bonchev–Trinajstić information content (AvgIpc) is 2.92. The van der Waals surface area contributed by atoms with Crippen molar-refractivity contribution in [2.75, 3.05) is 85.9 Å². The highest BCUT2D eigenvalue weighted by atomic mass is 16.5. The first-order chi connectivity index (χ1) is 19.0. The Balaban J connectivity index is -0.000000498. The first kappa shape index (κ1) is 43.1. The Morgan fingerprint density at radius 3 is 1.26 bits per heavy atom. The molecule has 0 rings (SSSR count). The third kappa shape index (κ3) is 50.9. The van der Waals surface area contributed by atoms with Crippen LogP contribution >= 0.6 is 0 Å². The first-order valence-electron chi connectivity index (χ1n) is 15.4. The lowest BCUT2D eigenvalue weighted by molar-refractivity contribution is -0.0101. The molecule has 0 aromatic heterocycles. The van der Waals surface area contributed by atoms with E-state index in [1.165, 1.54) is 12.8 Å². The zero-order valence-corrected chi connectivity index (χ0v) is 26.2. The van der Waals surface area contributed by atoms with Crippen LogP contribution in [0.25, 0.3) is 0 Å². The summed E-state index contributed by atoms with van der Waals surface area (Å²) < 4.78 is 31.9. The zero-order valence-electron chi connectivity index (χ0n) is 26.2. The van der Waals surface area contributed by atoms with Crippen LogP contribution in [0.1, 0.15) is 98.8 Å². The minimum atomic E-state index is -0.360. The summed E-state index contributed by atoms with van der Waals surface area (Å²) in [4.78, 5) is 0. The molecule has 0 aromatic carbocycles. The van der Waals surface area contributed by atoms with E-state index < -0.39 is 0 Å². The van der Waals surface area contributed by atoms with Gasteiger partial charge in [-0.05, 0) is 58.8 Å². The summed E-state index contributed by atoms with van der Waals surface area (Å²) in [5.41, 5.74) is 0. The number of hydrogen-bond acceptors (Lipinski definition) is 9. The molecular formula is C30H66O9. The topological polar surface area (TPSA) is 116 Å². The molecule has 39 heavy (non-hydrogen) atoms. The Bertz CT molecular complexity index is 377. The third-order valence-electron chi connectivity index (χ3n) is 4.94. The molecule has 9 heteroatoms. The number of aliphatic hydroxyl groups excluding tert-OH is 3. The van der Waals surface area contributed by atoms with E-state index >= 15 is 0 Å². The van der Waals surface area contributed by atoms with Crippen LogP contribution in [0.3, 0.4) is 0 Å². The van der Waals surface area contributed by atoms with Crippen molar-refractivity contribution in [3.63, 3.8) is 0 Å². The maximum absolute atomic E-state index is 8.87. The maximum atomic E-state index is 8.87. The SMILES string of the molecule is CCCCOC(C)COCCCO.CCCCOCCCOCC(C)O.CCCCOCCCOCCCO. The molecule has 0 saturated carbocycles. The summed E-state index contributed by atoms with van der Waals surface area (Å²) in [6.07, 6.45) is 10.0. The summed E-state index contributed by atoms with van der Waals surface area (Å²) in [5.74, 6) is 0. The van der Waals surface area contributed by atoms with Gasteiger partial charge in [0.25, 0.3) is 0 Å². The van der Waals surface area contributed by atoms with Crippen molar-refractivity contribution in [1.82, 2.24) is 0 Å². The van der Waals surface area contributed by atoms with Gasteiger partial charge in [-0.2, -0.15) is 0 Å². The number of ether oxygens (including phenoxy) is 6. The first-order valence-corrected chi connectivity index (χ1v) is 15.4. The van der Waals surface area contributed by atoms with Crippen LogP contribution < -0.4 is 0 Å². The molecule has 0 aromatic rings. The summed E-state index contributed by atoms with van der Waals surface area (Å²) in [6, 6.07) is 0. The second-order valence-electron chi connectivity index (χ2n) is 9.44. The fraction of sp³-hybridized carbons (Fsp3) is 1.00. The van der Waals surface area contributed by atoms with Crippen LogP contribution in [0.5, 0.6) is 0 Å². The molecule has 240 valence electrons. The van der Waals surface area contributed by atoms with Crippen LogP contribution in [-0.4, -0.2) is 113 Å². The lowest BCUT2D eigenvalue weighted by Crippen LogP contribution is -2.17. The highest BCUT2D eigenvalue weighted by Gasteiger charge is 2.01. The lowest BCUT2D eigenvalue weighted by atomic mass is 10.3. The van der Waals surface area contributed by atoms with Gasteiger partial charge >= 0.3 is 0 Å². The van der Waals surface area contributed by atoms with Crippen LogP contribution in [0.4, 0.5) is 0 Å². The monoisotopic (exact) mass is 570 g/mol. The van der Waals surface area contributed by atoms with Crippen molar-refractivity contribution in [3.8, 4) is 0 Å². The summed E-state index contributed by atoms with van der Waals surface area (Å²) in [6.45, 7) is 18.4. The molecule has 9 nitrogen and oxygen atoms in total. The highest BCUT2D eigenvalue weighted by molar-refractivity contribution is 4.47. The van der Waals surface area contributed by atoms with Gasteiger partial charge in [-0.3, -0.25) is 0 Å². The number of hydrogen-bond donors (Lipinski definition) is 3. The molecule has 0 fully saturated rings. The van der Waals surface area contributed by atoms with E-state index in [9.17, 15) is 0 Å². The van der Waals surface area contributed by atoms with E-state index in [1.807, 2.05) is 6.92 Å². The largest absolute Gasteiger partial charge is 0.396 e. The summed E-state index contributed by atoms with van der Waals surface area (Å²) in [7, 11) is 0. The Morgan fingerprint density at radius 2 is 0.821 bits per heavy atom. The van der Waals surface area contributed by atoms with E-state index in [0.717, 1.165) is 84.6 Å². The van der Waals surface area contributed by atoms with Gasteiger partial charge in [0.1, 0.15) is 0 Å². The minimum absolute atomic E-state index is 0.172. The molecule has 2 unspecified atom stereocenters. The van der Waals surface area contributed by atoms with E-state index in [2.05, 4.69) is 20.8 Å². The fourth-order valence-corrected chi connectivity index (χ4v) is 2.64. The third-order valence-corrected chi connectivity index (χ3v) is 4.94. The summed E-state index contributed by atoms with van der Waals surface area (Å²) in [5, 5.41) is 25.8. The smallest absolute Gasteiger partial charge is 0.0780 e. The molecule has 2 atom stereocenters.